The van der Waals surface area contributed by atoms with Crippen molar-refractivity contribution in [2.24, 2.45) is 0 Å². The molecule has 0 unspecified atom stereocenters. The van der Waals surface area contributed by atoms with Crippen molar-refractivity contribution in [3.63, 3.8) is 0 Å². The highest BCUT2D eigenvalue weighted by atomic mass is 32.1. The number of urea groups is 1. The topological polar surface area (TPSA) is 75.0 Å². The van der Waals surface area contributed by atoms with E-state index in [0.29, 0.717) is 24.6 Å². The Morgan fingerprint density at radius 2 is 2.18 bits per heavy atom. The lowest BCUT2D eigenvalue weighted by Gasteiger charge is -2.37. The molecule has 4 rings (SSSR count). The second kappa shape index (κ2) is 11.2. The van der Waals surface area contributed by atoms with E-state index in [-0.39, 0.29) is 43.5 Å². The van der Waals surface area contributed by atoms with Gasteiger partial charge in [0, 0.05) is 24.0 Å². The van der Waals surface area contributed by atoms with Crippen LogP contribution in [0.2, 0.25) is 0 Å². The number of thiophene rings is 1. The zero-order chi connectivity index (χ0) is 23.9. The summed E-state index contributed by atoms with van der Waals surface area (Å²) >= 11 is 1.66. The molecule has 1 aliphatic rings. The minimum Gasteiger partial charge on any atom is -0.491 e. The number of nitrogens with zero attached hydrogens (tertiary/aromatic N) is 2. The molecular formula is C25H28FN3O4S. The number of hydrogen-bond donors (Lipinski definition) is 1. The molecule has 1 aliphatic heterocycles. The number of carbonyl (C=O) groups is 2. The number of amides is 3. The van der Waals surface area contributed by atoms with E-state index in [1.54, 1.807) is 46.8 Å². The van der Waals surface area contributed by atoms with E-state index in [9.17, 15) is 14.0 Å². The molecule has 0 saturated carbocycles. The maximum atomic E-state index is 13.6. The molecule has 7 nitrogen and oxygen atoms in total. The number of nitrogens with one attached hydrogen (secondary N) is 1. The van der Waals surface area contributed by atoms with E-state index in [2.05, 4.69) is 5.32 Å². The number of furan rings is 1. The van der Waals surface area contributed by atoms with Crippen molar-refractivity contribution in [1.29, 1.82) is 0 Å². The van der Waals surface area contributed by atoms with Crippen LogP contribution in [0.4, 0.5) is 9.18 Å². The molecule has 9 heteroatoms. The first-order valence-corrected chi connectivity index (χ1v) is 12.2. The van der Waals surface area contributed by atoms with Gasteiger partial charge in [-0.3, -0.25) is 4.79 Å². The molecule has 34 heavy (non-hydrogen) atoms. The van der Waals surface area contributed by atoms with Gasteiger partial charge in [-0.25, -0.2) is 9.18 Å². The van der Waals surface area contributed by atoms with Gasteiger partial charge in [0.05, 0.1) is 18.8 Å². The molecule has 3 aromatic rings. The Labute approximate surface area is 202 Å². The van der Waals surface area contributed by atoms with Gasteiger partial charge in [0.2, 0.25) is 5.91 Å². The predicted molar refractivity (Wildman–Crippen MR) is 127 cm³/mol. The van der Waals surface area contributed by atoms with Crippen LogP contribution in [0.15, 0.2) is 58.5 Å². The van der Waals surface area contributed by atoms with E-state index in [4.69, 9.17) is 9.15 Å². The molecule has 3 heterocycles. The Balaban J connectivity index is 1.50. The van der Waals surface area contributed by atoms with Crippen molar-refractivity contribution >= 4 is 23.3 Å². The molecule has 0 aliphatic carbocycles. The summed E-state index contributed by atoms with van der Waals surface area (Å²) < 4.78 is 24.9. The van der Waals surface area contributed by atoms with Gasteiger partial charge < -0.3 is 24.3 Å². The lowest BCUT2D eigenvalue weighted by molar-refractivity contribution is -0.135. The minimum absolute atomic E-state index is 0.0911. The van der Waals surface area contributed by atoms with Gasteiger partial charge in [-0.05, 0) is 54.1 Å². The van der Waals surface area contributed by atoms with Crippen molar-refractivity contribution in [3.8, 4) is 5.75 Å². The van der Waals surface area contributed by atoms with Gasteiger partial charge in [-0.1, -0.05) is 13.0 Å². The Hall–Kier alpha value is -3.33. The Bertz CT molecular complexity index is 1100. The van der Waals surface area contributed by atoms with Crippen molar-refractivity contribution < 1.29 is 23.1 Å². The first-order chi connectivity index (χ1) is 16.5. The first kappa shape index (κ1) is 23.8. The third kappa shape index (κ3) is 5.77. The highest BCUT2D eigenvalue weighted by molar-refractivity contribution is 7.10. The molecule has 1 N–H and O–H groups in total. The summed E-state index contributed by atoms with van der Waals surface area (Å²) in [5.74, 6) is 0.456. The number of carbonyl (C=O) groups excluding carboxylic acids is 2. The molecule has 180 valence electrons. The van der Waals surface area contributed by atoms with Crippen LogP contribution in [-0.2, 0) is 17.8 Å². The van der Waals surface area contributed by atoms with Gasteiger partial charge in [0.1, 0.15) is 30.5 Å². The van der Waals surface area contributed by atoms with Crippen molar-refractivity contribution in [1.82, 2.24) is 15.1 Å². The fourth-order valence-electron chi connectivity index (χ4n) is 3.99. The van der Waals surface area contributed by atoms with Gasteiger partial charge >= 0.3 is 6.03 Å². The quantitative estimate of drug-likeness (QED) is 0.481. The Morgan fingerprint density at radius 3 is 2.94 bits per heavy atom. The number of hydrogen-bond acceptors (Lipinski definition) is 5. The summed E-state index contributed by atoms with van der Waals surface area (Å²) in [6, 6.07) is 10.9. The maximum Gasteiger partial charge on any atom is 0.318 e. The number of rotatable bonds is 9. The fourth-order valence-corrected chi connectivity index (χ4v) is 4.92. The van der Waals surface area contributed by atoms with E-state index < -0.39 is 0 Å². The average molecular weight is 486 g/mol. The molecule has 1 atom stereocenters. The van der Waals surface area contributed by atoms with E-state index in [1.165, 1.54) is 21.9 Å². The van der Waals surface area contributed by atoms with Crippen LogP contribution in [-0.4, -0.2) is 48.0 Å². The molecule has 1 aromatic carbocycles. The highest BCUT2D eigenvalue weighted by Crippen LogP contribution is 2.34. The number of halogens is 1. The van der Waals surface area contributed by atoms with Crippen LogP contribution in [0.5, 0.6) is 5.75 Å². The summed E-state index contributed by atoms with van der Waals surface area (Å²) in [4.78, 5) is 30.7. The third-order valence-electron chi connectivity index (χ3n) is 5.69. The van der Waals surface area contributed by atoms with Crippen molar-refractivity contribution in [2.45, 2.75) is 32.4 Å². The normalized spacial score (nSPS) is 15.0. The highest BCUT2D eigenvalue weighted by Gasteiger charge is 2.33. The maximum absolute atomic E-state index is 13.6. The first-order valence-electron chi connectivity index (χ1n) is 11.3. The molecule has 0 spiro atoms. The monoisotopic (exact) mass is 485 g/mol. The number of benzene rings is 1. The lowest BCUT2D eigenvalue weighted by Crippen LogP contribution is -2.49. The Morgan fingerprint density at radius 1 is 1.29 bits per heavy atom. The standard InChI is InChI=1S/C25H28FN3O4S/c1-2-10-27-25(31)28(15-20-7-4-12-32-20)16-24(30)29-11-8-23-21(9-13-34-23)22(29)17-33-19-6-3-5-18(26)14-19/h3-7,9,12-14,22H,2,8,10-11,15-17H2,1H3,(H,27,31)/t22-/m0/s1. The number of ether oxygens (including phenoxy) is 1. The third-order valence-corrected chi connectivity index (χ3v) is 6.68. The average Bonchev–Trinajstić information content (AvgIpc) is 3.52. The van der Waals surface area contributed by atoms with Crippen LogP contribution in [0.25, 0.3) is 0 Å². The van der Waals surface area contributed by atoms with Crippen molar-refractivity contribution in [2.75, 3.05) is 26.2 Å². The molecular weight excluding hydrogens is 457 g/mol. The van der Waals surface area contributed by atoms with Gasteiger partial charge in [0.15, 0.2) is 0 Å². The van der Waals surface area contributed by atoms with Crippen LogP contribution < -0.4 is 10.1 Å². The largest absolute Gasteiger partial charge is 0.491 e. The second-order valence-corrected chi connectivity index (χ2v) is 9.09. The van der Waals surface area contributed by atoms with Crippen LogP contribution in [0.3, 0.4) is 0 Å². The van der Waals surface area contributed by atoms with Gasteiger partial charge in [0.25, 0.3) is 0 Å². The van der Waals surface area contributed by atoms with E-state index >= 15 is 0 Å². The molecule has 0 bridgehead atoms. The summed E-state index contributed by atoms with van der Waals surface area (Å²) in [6.07, 6.45) is 3.08. The summed E-state index contributed by atoms with van der Waals surface area (Å²) in [7, 11) is 0. The van der Waals surface area contributed by atoms with Crippen LogP contribution in [0.1, 0.15) is 35.6 Å². The zero-order valence-electron chi connectivity index (χ0n) is 19.0. The molecule has 0 fully saturated rings. The fraction of sp³-hybridized carbons (Fsp3) is 0.360. The number of fused-ring (bicyclic) bond motifs is 1. The van der Waals surface area contributed by atoms with Crippen LogP contribution >= 0.6 is 11.3 Å². The minimum atomic E-state index is -0.378. The molecule has 0 saturated heterocycles. The van der Waals surface area contributed by atoms with Crippen LogP contribution in [0, 0.1) is 5.82 Å². The Kier molecular flexibility index (Phi) is 7.84. The SMILES string of the molecule is CCCNC(=O)N(CC(=O)N1CCc2sccc2[C@@H]1COc1cccc(F)c1)Cc1ccco1. The second-order valence-electron chi connectivity index (χ2n) is 8.09. The van der Waals surface area contributed by atoms with Gasteiger partial charge in [-0.2, -0.15) is 0 Å². The summed E-state index contributed by atoms with van der Waals surface area (Å²) in [5, 5.41) is 4.85. The van der Waals surface area contributed by atoms with E-state index in [0.717, 1.165) is 18.4 Å². The lowest BCUT2D eigenvalue weighted by atomic mass is 10.0. The smallest absolute Gasteiger partial charge is 0.318 e. The summed E-state index contributed by atoms with van der Waals surface area (Å²) in [5.41, 5.74) is 1.04. The molecule has 2 aromatic heterocycles. The van der Waals surface area contributed by atoms with Gasteiger partial charge in [-0.15, -0.1) is 11.3 Å². The predicted octanol–water partition coefficient (Wildman–Crippen LogP) is 4.61. The van der Waals surface area contributed by atoms with E-state index in [1.807, 2.05) is 18.4 Å². The van der Waals surface area contributed by atoms with Crippen molar-refractivity contribution in [3.05, 3.63) is 76.1 Å². The molecule has 0 radical (unpaired) electrons. The zero-order valence-corrected chi connectivity index (χ0v) is 19.9. The summed E-state index contributed by atoms with van der Waals surface area (Å²) in [6.45, 7) is 3.31. The molecule has 3 amide bonds.